The Labute approximate surface area is 431 Å². The van der Waals surface area contributed by atoms with Crippen molar-refractivity contribution in [1.29, 1.82) is 0 Å². The molecule has 0 amide bonds. The highest BCUT2D eigenvalue weighted by Gasteiger charge is 2.19. The first kappa shape index (κ1) is 66.1. The molecule has 0 aromatic rings. The zero-order valence-electron chi connectivity index (χ0n) is 45.5. The fourth-order valence-corrected chi connectivity index (χ4v) is 7.71. The molecule has 0 fully saturated rings. The van der Waals surface area contributed by atoms with Crippen LogP contribution >= 0.6 is 0 Å². The summed E-state index contributed by atoms with van der Waals surface area (Å²) >= 11 is 0. The second kappa shape index (κ2) is 57.6. The van der Waals surface area contributed by atoms with E-state index in [2.05, 4.69) is 130 Å². The van der Waals surface area contributed by atoms with E-state index in [1.165, 1.54) is 83.5 Å². The number of unbranched alkanes of at least 4 members (excludes halogenated alkanes) is 22. The van der Waals surface area contributed by atoms with E-state index < -0.39 is 6.10 Å². The van der Waals surface area contributed by atoms with Crippen LogP contribution in [0.15, 0.2) is 109 Å². The van der Waals surface area contributed by atoms with Gasteiger partial charge in [0.25, 0.3) is 0 Å². The molecule has 0 heterocycles. The maximum Gasteiger partial charge on any atom is 0.306 e. The molecule has 0 saturated carbocycles. The van der Waals surface area contributed by atoms with Gasteiger partial charge in [-0.25, -0.2) is 0 Å². The molecule has 398 valence electrons. The van der Waals surface area contributed by atoms with Crippen LogP contribution < -0.4 is 0 Å². The van der Waals surface area contributed by atoms with Gasteiger partial charge < -0.3 is 14.2 Å². The molecule has 0 radical (unpaired) electrons. The first-order valence-corrected chi connectivity index (χ1v) is 28.9. The summed E-state index contributed by atoms with van der Waals surface area (Å²) in [7, 11) is 0. The fraction of sp³-hybridized carbons (Fsp3) is 0.672. The van der Waals surface area contributed by atoms with Gasteiger partial charge in [-0.05, 0) is 122 Å². The Balaban J connectivity index is 4.38. The van der Waals surface area contributed by atoms with E-state index >= 15 is 0 Å². The van der Waals surface area contributed by atoms with Gasteiger partial charge in [0.1, 0.15) is 13.2 Å². The molecule has 6 heteroatoms. The number of hydrogen-bond acceptors (Lipinski definition) is 6. The van der Waals surface area contributed by atoms with Gasteiger partial charge in [0.2, 0.25) is 0 Å². The third-order valence-corrected chi connectivity index (χ3v) is 12.0. The van der Waals surface area contributed by atoms with Crippen LogP contribution in [0.2, 0.25) is 0 Å². The van der Waals surface area contributed by atoms with E-state index in [1.807, 2.05) is 0 Å². The molecule has 0 spiro atoms. The van der Waals surface area contributed by atoms with Gasteiger partial charge in [0, 0.05) is 19.3 Å². The smallest absolute Gasteiger partial charge is 0.306 e. The average Bonchev–Trinajstić information content (AvgIpc) is 3.36. The standard InChI is InChI=1S/C64H106O6/c1-4-7-10-13-16-19-22-25-27-29-30-31-32-33-34-36-37-39-42-45-48-51-54-57-63(66)69-60-61(59-68-62(65)56-53-50-47-44-41-24-21-18-15-12-9-6-3)70-64(67)58-55-52-49-46-43-40-38-35-28-26-23-20-17-14-11-8-5-2/h7-8,10-11,16-21,25-28,30-31,38,40,61H,4-6,9,12-15,22-24,29,32-37,39,41-60H2,1-3H3/b10-7-,11-8-,19-16-,20-17-,21-18-,27-25-,28-26-,31-30-,40-38-. The number of ether oxygens (including phenoxy) is 3. The largest absolute Gasteiger partial charge is 0.462 e. The van der Waals surface area contributed by atoms with Crippen LogP contribution in [0.1, 0.15) is 258 Å². The van der Waals surface area contributed by atoms with Crippen molar-refractivity contribution in [3.63, 3.8) is 0 Å². The van der Waals surface area contributed by atoms with Crippen LogP contribution in [0.25, 0.3) is 0 Å². The fourth-order valence-electron chi connectivity index (χ4n) is 7.71. The lowest BCUT2D eigenvalue weighted by molar-refractivity contribution is -0.167. The summed E-state index contributed by atoms with van der Waals surface area (Å²) in [5.74, 6) is -0.931. The molecule has 0 aliphatic carbocycles. The summed E-state index contributed by atoms with van der Waals surface area (Å²) in [6, 6.07) is 0. The van der Waals surface area contributed by atoms with Gasteiger partial charge in [-0.15, -0.1) is 0 Å². The topological polar surface area (TPSA) is 78.9 Å². The van der Waals surface area contributed by atoms with Crippen molar-refractivity contribution in [2.75, 3.05) is 13.2 Å². The first-order valence-electron chi connectivity index (χ1n) is 28.9. The van der Waals surface area contributed by atoms with Crippen molar-refractivity contribution in [3.05, 3.63) is 109 Å². The number of carbonyl (C=O) groups is 3. The van der Waals surface area contributed by atoms with Crippen LogP contribution in [0.5, 0.6) is 0 Å². The zero-order valence-corrected chi connectivity index (χ0v) is 45.5. The van der Waals surface area contributed by atoms with Gasteiger partial charge in [-0.2, -0.15) is 0 Å². The SMILES string of the molecule is CC/C=C\C/C=C\C/C=C\C/C=C\CCCCCCCCCCCCC(=O)OCC(COC(=O)CCCCCCC/C=C\CCCCC)OC(=O)CCCCCC/C=C\C/C=C\C/C=C\C/C=C\CC. The van der Waals surface area contributed by atoms with Gasteiger partial charge in [-0.3, -0.25) is 14.4 Å². The molecule has 6 nitrogen and oxygen atoms in total. The third kappa shape index (κ3) is 55.0. The van der Waals surface area contributed by atoms with E-state index in [0.29, 0.717) is 19.3 Å². The Morgan fingerprint density at radius 1 is 0.300 bits per heavy atom. The maximum absolute atomic E-state index is 12.8. The lowest BCUT2D eigenvalue weighted by Crippen LogP contribution is -2.30. The van der Waals surface area contributed by atoms with E-state index in [-0.39, 0.29) is 31.1 Å². The Hall–Kier alpha value is -3.93. The lowest BCUT2D eigenvalue weighted by Gasteiger charge is -2.18. The van der Waals surface area contributed by atoms with Gasteiger partial charge in [0.05, 0.1) is 0 Å². The molecule has 0 N–H and O–H groups in total. The molecule has 0 bridgehead atoms. The van der Waals surface area contributed by atoms with Crippen molar-refractivity contribution < 1.29 is 28.6 Å². The number of allylic oxidation sites excluding steroid dienone is 18. The van der Waals surface area contributed by atoms with Gasteiger partial charge in [-0.1, -0.05) is 226 Å². The quantitative estimate of drug-likeness (QED) is 0.0262. The van der Waals surface area contributed by atoms with Crippen LogP contribution in [0.4, 0.5) is 0 Å². The lowest BCUT2D eigenvalue weighted by atomic mass is 10.1. The predicted octanol–water partition coefficient (Wildman–Crippen LogP) is 19.5. The summed E-state index contributed by atoms with van der Waals surface area (Å²) in [5, 5.41) is 0. The summed E-state index contributed by atoms with van der Waals surface area (Å²) in [6.07, 6.45) is 77.9. The Bertz CT molecular complexity index is 1440. The Morgan fingerprint density at radius 2 is 0.557 bits per heavy atom. The molecule has 0 aromatic heterocycles. The number of esters is 3. The van der Waals surface area contributed by atoms with Crippen molar-refractivity contribution in [1.82, 2.24) is 0 Å². The minimum atomic E-state index is -0.798. The summed E-state index contributed by atoms with van der Waals surface area (Å²) < 4.78 is 16.8. The van der Waals surface area contributed by atoms with Crippen LogP contribution in [-0.4, -0.2) is 37.2 Å². The molecule has 0 aliphatic heterocycles. The molecule has 0 aromatic carbocycles. The first-order chi connectivity index (χ1) is 34.5. The van der Waals surface area contributed by atoms with Crippen molar-refractivity contribution in [2.45, 2.75) is 264 Å². The van der Waals surface area contributed by atoms with Crippen LogP contribution in [0, 0.1) is 0 Å². The van der Waals surface area contributed by atoms with Crippen molar-refractivity contribution in [2.24, 2.45) is 0 Å². The Kier molecular flexibility index (Phi) is 54.4. The van der Waals surface area contributed by atoms with Gasteiger partial charge >= 0.3 is 17.9 Å². The third-order valence-electron chi connectivity index (χ3n) is 12.0. The van der Waals surface area contributed by atoms with Crippen LogP contribution in [-0.2, 0) is 28.6 Å². The van der Waals surface area contributed by atoms with E-state index in [9.17, 15) is 14.4 Å². The molecule has 0 saturated heterocycles. The highest BCUT2D eigenvalue weighted by Crippen LogP contribution is 2.15. The second-order valence-corrected chi connectivity index (χ2v) is 18.8. The summed E-state index contributed by atoms with van der Waals surface area (Å²) in [5.41, 5.74) is 0. The van der Waals surface area contributed by atoms with Crippen LogP contribution in [0.3, 0.4) is 0 Å². The molecule has 0 aliphatic rings. The summed E-state index contributed by atoms with van der Waals surface area (Å²) in [6.45, 7) is 6.36. The highest BCUT2D eigenvalue weighted by atomic mass is 16.6. The number of hydrogen-bond donors (Lipinski definition) is 0. The minimum absolute atomic E-state index is 0.0940. The highest BCUT2D eigenvalue weighted by molar-refractivity contribution is 5.71. The molecular weight excluding hydrogens is 865 g/mol. The molecule has 70 heavy (non-hydrogen) atoms. The normalized spacial score (nSPS) is 12.9. The Morgan fingerprint density at radius 3 is 0.886 bits per heavy atom. The maximum atomic E-state index is 12.8. The number of rotatable bonds is 51. The van der Waals surface area contributed by atoms with Crippen molar-refractivity contribution in [3.8, 4) is 0 Å². The van der Waals surface area contributed by atoms with E-state index in [0.717, 1.165) is 135 Å². The summed E-state index contributed by atoms with van der Waals surface area (Å²) in [4.78, 5) is 38.1. The monoisotopic (exact) mass is 971 g/mol. The molecule has 1 unspecified atom stereocenters. The molecule has 0 rings (SSSR count). The van der Waals surface area contributed by atoms with Gasteiger partial charge in [0.15, 0.2) is 6.10 Å². The zero-order chi connectivity index (χ0) is 50.7. The minimum Gasteiger partial charge on any atom is -0.462 e. The predicted molar refractivity (Wildman–Crippen MR) is 302 cm³/mol. The average molecular weight is 972 g/mol. The van der Waals surface area contributed by atoms with Crippen molar-refractivity contribution >= 4 is 17.9 Å². The molecular formula is C64H106O6. The number of carbonyl (C=O) groups excluding carboxylic acids is 3. The van der Waals surface area contributed by atoms with E-state index in [4.69, 9.17) is 14.2 Å². The molecule has 1 atom stereocenters. The van der Waals surface area contributed by atoms with E-state index in [1.54, 1.807) is 0 Å². The second-order valence-electron chi connectivity index (χ2n) is 18.8.